The maximum Gasteiger partial charge on any atom is 0.103 e. The molecule has 1 aliphatic carbocycles. The molecule has 1 fully saturated rings. The molecule has 0 radical (unpaired) electrons. The Bertz CT molecular complexity index is 350. The Labute approximate surface area is 111 Å². The Morgan fingerprint density at radius 1 is 1.53 bits per heavy atom. The molecular weight excluding hydrogens is 252 g/mol. The molecule has 0 atom stereocenters. The van der Waals surface area contributed by atoms with Crippen molar-refractivity contribution in [2.24, 2.45) is 0 Å². The maximum atomic E-state index is 5.22. The van der Waals surface area contributed by atoms with E-state index in [0.717, 1.165) is 29.8 Å². The summed E-state index contributed by atoms with van der Waals surface area (Å²) in [5, 5.41) is 4.78. The molecule has 1 heterocycles. The first-order valence-corrected chi connectivity index (χ1v) is 8.08. The van der Waals surface area contributed by atoms with Gasteiger partial charge in [-0.25, -0.2) is 4.98 Å². The minimum atomic E-state index is 0.634. The molecule has 2 rings (SSSR count). The Kier molecular flexibility index (Phi) is 5.28. The lowest BCUT2D eigenvalue weighted by atomic mass is 10.3. The van der Waals surface area contributed by atoms with Crippen molar-refractivity contribution in [3.63, 3.8) is 0 Å². The zero-order valence-corrected chi connectivity index (χ0v) is 12.1. The molecule has 0 spiro atoms. The maximum absolute atomic E-state index is 5.22. The number of hydrogen-bond acceptors (Lipinski definition) is 5. The highest BCUT2D eigenvalue weighted by atomic mass is 32.2. The van der Waals surface area contributed by atoms with Crippen molar-refractivity contribution >= 4 is 23.1 Å². The van der Waals surface area contributed by atoms with Crippen LogP contribution in [-0.4, -0.2) is 23.9 Å². The number of aromatic nitrogens is 1. The third-order valence-electron chi connectivity index (χ3n) is 2.66. The second-order valence-electron chi connectivity index (χ2n) is 4.20. The van der Waals surface area contributed by atoms with Crippen LogP contribution in [0.25, 0.3) is 0 Å². The SMILES string of the molecule is CCSCc1nc(COC)c(CNC2CC2)s1. The summed E-state index contributed by atoms with van der Waals surface area (Å²) in [5.41, 5.74) is 1.12. The highest BCUT2D eigenvalue weighted by Crippen LogP contribution is 2.25. The van der Waals surface area contributed by atoms with Gasteiger partial charge >= 0.3 is 0 Å². The van der Waals surface area contributed by atoms with Crippen LogP contribution in [0.2, 0.25) is 0 Å². The molecule has 1 aromatic rings. The number of hydrogen-bond donors (Lipinski definition) is 1. The minimum Gasteiger partial charge on any atom is -0.378 e. The van der Waals surface area contributed by atoms with Gasteiger partial charge in [0.1, 0.15) is 5.01 Å². The summed E-state index contributed by atoms with van der Waals surface area (Å²) in [5.74, 6) is 2.18. The van der Waals surface area contributed by atoms with E-state index in [1.54, 1.807) is 7.11 Å². The van der Waals surface area contributed by atoms with E-state index in [1.165, 1.54) is 22.7 Å². The largest absolute Gasteiger partial charge is 0.378 e. The molecule has 1 aromatic heterocycles. The van der Waals surface area contributed by atoms with E-state index >= 15 is 0 Å². The summed E-state index contributed by atoms with van der Waals surface area (Å²) >= 11 is 3.76. The van der Waals surface area contributed by atoms with Gasteiger partial charge in [0, 0.05) is 30.3 Å². The smallest absolute Gasteiger partial charge is 0.103 e. The number of methoxy groups -OCH3 is 1. The standard InChI is InChI=1S/C12H20N2OS2/c1-3-16-8-12-14-10(7-15-2)11(17-12)6-13-9-4-5-9/h9,13H,3-8H2,1-2H3. The van der Waals surface area contributed by atoms with Gasteiger partial charge in [0.25, 0.3) is 0 Å². The molecule has 5 heteroatoms. The van der Waals surface area contributed by atoms with Crippen LogP contribution in [0.15, 0.2) is 0 Å². The van der Waals surface area contributed by atoms with Gasteiger partial charge in [0.2, 0.25) is 0 Å². The van der Waals surface area contributed by atoms with E-state index in [0.29, 0.717) is 6.61 Å². The Morgan fingerprint density at radius 2 is 2.35 bits per heavy atom. The van der Waals surface area contributed by atoms with Gasteiger partial charge < -0.3 is 10.1 Å². The second kappa shape index (κ2) is 6.73. The Balaban J connectivity index is 1.95. The molecule has 1 saturated carbocycles. The van der Waals surface area contributed by atoms with Crippen molar-refractivity contribution in [1.82, 2.24) is 10.3 Å². The fourth-order valence-electron chi connectivity index (χ4n) is 1.60. The quantitative estimate of drug-likeness (QED) is 0.789. The van der Waals surface area contributed by atoms with E-state index in [9.17, 15) is 0 Å². The van der Waals surface area contributed by atoms with Crippen LogP contribution < -0.4 is 5.32 Å². The normalized spacial score (nSPS) is 15.4. The zero-order chi connectivity index (χ0) is 12.1. The van der Waals surface area contributed by atoms with Gasteiger partial charge in [-0.05, 0) is 18.6 Å². The Hall–Kier alpha value is -0.100. The first-order valence-electron chi connectivity index (χ1n) is 6.11. The van der Waals surface area contributed by atoms with Crippen molar-refractivity contribution in [2.75, 3.05) is 12.9 Å². The van der Waals surface area contributed by atoms with Gasteiger partial charge in [0.05, 0.1) is 12.3 Å². The van der Waals surface area contributed by atoms with Crippen LogP contribution in [0, 0.1) is 0 Å². The fraction of sp³-hybridized carbons (Fsp3) is 0.750. The van der Waals surface area contributed by atoms with Gasteiger partial charge in [-0.2, -0.15) is 11.8 Å². The van der Waals surface area contributed by atoms with E-state index in [2.05, 4.69) is 17.2 Å². The minimum absolute atomic E-state index is 0.634. The van der Waals surface area contributed by atoms with Crippen LogP contribution in [0.1, 0.15) is 35.3 Å². The lowest BCUT2D eigenvalue weighted by Crippen LogP contribution is -2.15. The lowest BCUT2D eigenvalue weighted by molar-refractivity contribution is 0.181. The number of nitrogens with one attached hydrogen (secondary N) is 1. The zero-order valence-electron chi connectivity index (χ0n) is 10.5. The van der Waals surface area contributed by atoms with Crippen molar-refractivity contribution in [3.05, 3.63) is 15.6 Å². The van der Waals surface area contributed by atoms with Crippen LogP contribution >= 0.6 is 23.1 Å². The predicted octanol–water partition coefficient (Wildman–Crippen LogP) is 2.79. The lowest BCUT2D eigenvalue weighted by Gasteiger charge is -2.02. The molecule has 17 heavy (non-hydrogen) atoms. The van der Waals surface area contributed by atoms with E-state index in [-0.39, 0.29) is 0 Å². The summed E-state index contributed by atoms with van der Waals surface area (Å²) in [7, 11) is 1.73. The van der Waals surface area contributed by atoms with Crippen molar-refractivity contribution in [2.45, 2.75) is 44.7 Å². The van der Waals surface area contributed by atoms with Crippen molar-refractivity contribution in [1.29, 1.82) is 0 Å². The van der Waals surface area contributed by atoms with Crippen molar-refractivity contribution in [3.8, 4) is 0 Å². The number of nitrogens with zero attached hydrogens (tertiary/aromatic N) is 1. The molecule has 0 aliphatic heterocycles. The summed E-state index contributed by atoms with van der Waals surface area (Å²) in [6.07, 6.45) is 2.66. The van der Waals surface area contributed by atoms with Gasteiger partial charge in [-0.3, -0.25) is 0 Å². The predicted molar refractivity (Wildman–Crippen MR) is 74.5 cm³/mol. The number of ether oxygens (including phenoxy) is 1. The number of thioether (sulfide) groups is 1. The Morgan fingerprint density at radius 3 is 3.00 bits per heavy atom. The summed E-state index contributed by atoms with van der Waals surface area (Å²) in [6, 6.07) is 0.751. The number of rotatable bonds is 8. The van der Waals surface area contributed by atoms with Gasteiger partial charge in [-0.1, -0.05) is 6.92 Å². The molecule has 0 aromatic carbocycles. The molecule has 96 valence electrons. The van der Waals surface area contributed by atoms with Crippen molar-refractivity contribution < 1.29 is 4.74 Å². The van der Waals surface area contributed by atoms with Crippen LogP contribution in [0.4, 0.5) is 0 Å². The van der Waals surface area contributed by atoms with E-state index in [4.69, 9.17) is 4.74 Å². The third kappa shape index (κ3) is 4.25. The molecule has 1 aliphatic rings. The average Bonchev–Trinajstić information content (AvgIpc) is 3.08. The third-order valence-corrected chi connectivity index (χ3v) is 4.83. The fourth-order valence-corrected chi connectivity index (χ4v) is 3.35. The average molecular weight is 272 g/mol. The first kappa shape index (κ1) is 13.3. The number of thiazole rings is 1. The van der Waals surface area contributed by atoms with Gasteiger partial charge in [0.15, 0.2) is 0 Å². The monoisotopic (exact) mass is 272 g/mol. The summed E-state index contributed by atoms with van der Waals surface area (Å²) < 4.78 is 5.22. The van der Waals surface area contributed by atoms with Crippen LogP contribution in [-0.2, 0) is 23.6 Å². The highest BCUT2D eigenvalue weighted by Gasteiger charge is 2.21. The van der Waals surface area contributed by atoms with Crippen LogP contribution in [0.5, 0.6) is 0 Å². The van der Waals surface area contributed by atoms with Gasteiger partial charge in [-0.15, -0.1) is 11.3 Å². The first-order chi connectivity index (χ1) is 8.33. The molecular formula is C12H20N2OS2. The molecule has 0 amide bonds. The molecule has 0 bridgehead atoms. The molecule has 0 saturated heterocycles. The molecule has 1 N–H and O–H groups in total. The second-order valence-corrected chi connectivity index (χ2v) is 6.65. The topological polar surface area (TPSA) is 34.1 Å². The van der Waals surface area contributed by atoms with Crippen LogP contribution in [0.3, 0.4) is 0 Å². The highest BCUT2D eigenvalue weighted by molar-refractivity contribution is 7.98. The summed E-state index contributed by atoms with van der Waals surface area (Å²) in [4.78, 5) is 6.02. The summed E-state index contributed by atoms with van der Waals surface area (Å²) in [6.45, 7) is 3.77. The molecule has 3 nitrogen and oxygen atoms in total. The van der Waals surface area contributed by atoms with E-state index < -0.39 is 0 Å². The molecule has 0 unspecified atom stereocenters. The van der Waals surface area contributed by atoms with E-state index in [1.807, 2.05) is 23.1 Å².